The summed E-state index contributed by atoms with van der Waals surface area (Å²) in [5.41, 5.74) is 2.71. The highest BCUT2D eigenvalue weighted by atomic mass is 31.2. The number of carbonyl (C=O) groups is 2. The number of methoxy groups -OCH3 is 1. The van der Waals surface area contributed by atoms with Crippen LogP contribution in [0.5, 0.6) is 0 Å². The zero-order valence-electron chi connectivity index (χ0n) is 21.0. The Morgan fingerprint density at radius 3 is 2.03 bits per heavy atom. The van der Waals surface area contributed by atoms with E-state index in [0.717, 1.165) is 22.3 Å². The second-order valence-electron chi connectivity index (χ2n) is 9.56. The number of nitrogens with one attached hydrogen (secondary N) is 1. The van der Waals surface area contributed by atoms with Crippen molar-refractivity contribution in [3.05, 3.63) is 96.1 Å². The second kappa shape index (κ2) is 12.2. The molecule has 0 aromatic heterocycles. The molecule has 36 heavy (non-hydrogen) atoms. The zero-order chi connectivity index (χ0) is 26.2. The lowest BCUT2D eigenvalue weighted by molar-refractivity contribution is -0.149. The summed E-state index contributed by atoms with van der Waals surface area (Å²) in [6, 6.07) is 27.3. The molecule has 6 nitrogen and oxygen atoms in total. The quantitative estimate of drug-likeness (QED) is 0.279. The Bertz CT molecular complexity index is 1190. The molecule has 1 amide bonds. The van der Waals surface area contributed by atoms with E-state index in [1.165, 1.54) is 7.11 Å². The van der Waals surface area contributed by atoms with Crippen LogP contribution in [0, 0.1) is 5.92 Å². The predicted octanol–water partition coefficient (Wildman–Crippen LogP) is 5.09. The molecule has 0 bridgehead atoms. The van der Waals surface area contributed by atoms with Crippen LogP contribution < -0.4 is 5.32 Å². The molecule has 7 heteroatoms. The van der Waals surface area contributed by atoms with Crippen molar-refractivity contribution in [2.75, 3.05) is 19.4 Å². The van der Waals surface area contributed by atoms with E-state index in [2.05, 4.69) is 5.32 Å². The minimum atomic E-state index is -3.64. The maximum absolute atomic E-state index is 13.3. The highest BCUT2D eigenvalue weighted by molar-refractivity contribution is 7.58. The maximum Gasteiger partial charge on any atom is 0.330 e. The lowest BCUT2D eigenvalue weighted by Gasteiger charge is -2.27. The van der Waals surface area contributed by atoms with Gasteiger partial charge in [-0.05, 0) is 48.9 Å². The van der Waals surface area contributed by atoms with Crippen LogP contribution in [0.4, 0.5) is 0 Å². The summed E-state index contributed by atoms with van der Waals surface area (Å²) in [6.45, 7) is 3.10. The van der Waals surface area contributed by atoms with Gasteiger partial charge >= 0.3 is 5.97 Å². The molecule has 0 radical (unpaired) electrons. The zero-order valence-corrected chi connectivity index (χ0v) is 21.9. The average Bonchev–Trinajstić information content (AvgIpc) is 2.88. The monoisotopic (exact) mass is 507 g/mol. The average molecular weight is 508 g/mol. The molecule has 2 unspecified atom stereocenters. The van der Waals surface area contributed by atoms with Gasteiger partial charge in [0.25, 0.3) is 0 Å². The van der Waals surface area contributed by atoms with Gasteiger partial charge in [0.15, 0.2) is 0 Å². The van der Waals surface area contributed by atoms with Gasteiger partial charge in [0.05, 0.1) is 13.0 Å². The molecule has 0 saturated heterocycles. The molecular weight excluding hydrogens is 473 g/mol. The standard InChI is InChI=1S/C29H34NO5P/c1-29(2,28(32)35-3)30-27(31)26(21-36(33,34)19-18-22-10-6-4-7-11-22)20-23-14-16-25(17-15-23)24-12-8-5-9-13-24/h4-17,26H,18-21H2,1-3H3,(H,30,31)(H,33,34). The third-order valence-electron chi connectivity index (χ3n) is 6.14. The number of benzene rings is 3. The van der Waals surface area contributed by atoms with Crippen molar-refractivity contribution in [1.29, 1.82) is 0 Å². The molecule has 0 aliphatic rings. The first-order valence-electron chi connectivity index (χ1n) is 12.0. The minimum Gasteiger partial charge on any atom is -0.467 e. The highest BCUT2D eigenvalue weighted by Gasteiger charge is 2.35. The Kier molecular flexibility index (Phi) is 9.25. The van der Waals surface area contributed by atoms with E-state index >= 15 is 0 Å². The van der Waals surface area contributed by atoms with Crippen LogP contribution in [0.25, 0.3) is 11.1 Å². The molecule has 0 spiro atoms. The molecule has 0 aliphatic carbocycles. The van der Waals surface area contributed by atoms with Crippen molar-refractivity contribution in [2.24, 2.45) is 5.92 Å². The lowest BCUT2D eigenvalue weighted by Crippen LogP contribution is -2.52. The maximum atomic E-state index is 13.3. The number of carbonyl (C=O) groups excluding carboxylic acids is 2. The molecule has 2 atom stereocenters. The number of hydrogen-bond donors (Lipinski definition) is 2. The summed E-state index contributed by atoms with van der Waals surface area (Å²) in [5, 5.41) is 2.72. The van der Waals surface area contributed by atoms with Crippen LogP contribution in [-0.2, 0) is 31.7 Å². The molecule has 190 valence electrons. The number of esters is 1. The van der Waals surface area contributed by atoms with Crippen molar-refractivity contribution in [1.82, 2.24) is 5.32 Å². The molecule has 0 aliphatic heterocycles. The Morgan fingerprint density at radius 2 is 1.44 bits per heavy atom. The van der Waals surface area contributed by atoms with Gasteiger partial charge in [0.1, 0.15) is 5.54 Å². The minimum absolute atomic E-state index is 0.0775. The highest BCUT2D eigenvalue weighted by Crippen LogP contribution is 2.44. The number of aryl methyl sites for hydroxylation is 1. The van der Waals surface area contributed by atoms with E-state index in [4.69, 9.17) is 4.74 Å². The number of rotatable bonds is 11. The molecular formula is C29H34NO5P. The van der Waals surface area contributed by atoms with Crippen molar-refractivity contribution in [2.45, 2.75) is 32.2 Å². The van der Waals surface area contributed by atoms with Gasteiger partial charge in [-0.25, -0.2) is 4.79 Å². The number of ether oxygens (including phenoxy) is 1. The van der Waals surface area contributed by atoms with Gasteiger partial charge in [0.2, 0.25) is 13.3 Å². The van der Waals surface area contributed by atoms with E-state index in [0.29, 0.717) is 6.42 Å². The van der Waals surface area contributed by atoms with Crippen LogP contribution in [0.15, 0.2) is 84.9 Å². The Labute approximate surface area is 213 Å². The fraction of sp³-hybridized carbons (Fsp3) is 0.310. The van der Waals surface area contributed by atoms with Crippen LogP contribution in [0.3, 0.4) is 0 Å². The Balaban J connectivity index is 1.78. The van der Waals surface area contributed by atoms with Crippen molar-refractivity contribution in [3.8, 4) is 11.1 Å². The van der Waals surface area contributed by atoms with Gasteiger partial charge in [-0.2, -0.15) is 0 Å². The predicted molar refractivity (Wildman–Crippen MR) is 143 cm³/mol. The van der Waals surface area contributed by atoms with Crippen molar-refractivity contribution < 1.29 is 23.8 Å². The summed E-state index contributed by atoms with van der Waals surface area (Å²) >= 11 is 0. The SMILES string of the molecule is COC(=O)C(C)(C)NC(=O)C(Cc1ccc(-c2ccccc2)cc1)CP(=O)(O)CCc1ccccc1. The normalized spacial score (nSPS) is 13.9. The molecule has 0 fully saturated rings. The first-order chi connectivity index (χ1) is 17.1. The van der Waals surface area contributed by atoms with Gasteiger partial charge in [-0.15, -0.1) is 0 Å². The topological polar surface area (TPSA) is 92.7 Å². The van der Waals surface area contributed by atoms with E-state index < -0.39 is 30.7 Å². The van der Waals surface area contributed by atoms with E-state index in [1.54, 1.807) is 13.8 Å². The number of hydrogen-bond acceptors (Lipinski definition) is 4. The van der Waals surface area contributed by atoms with E-state index in [-0.39, 0.29) is 18.7 Å². The largest absolute Gasteiger partial charge is 0.467 e. The molecule has 3 rings (SSSR count). The van der Waals surface area contributed by atoms with Crippen LogP contribution >= 0.6 is 7.37 Å². The summed E-state index contributed by atoms with van der Waals surface area (Å²) < 4.78 is 18.0. The summed E-state index contributed by atoms with van der Waals surface area (Å²) in [7, 11) is -2.38. The third-order valence-corrected chi connectivity index (χ3v) is 8.08. The Hall–Kier alpha value is -3.21. The van der Waals surface area contributed by atoms with E-state index in [1.807, 2.05) is 84.9 Å². The van der Waals surface area contributed by atoms with Crippen molar-refractivity contribution >= 4 is 19.2 Å². The number of amides is 1. The lowest BCUT2D eigenvalue weighted by atomic mass is 9.96. The molecule has 3 aromatic rings. The van der Waals surface area contributed by atoms with Gasteiger partial charge in [0, 0.05) is 12.3 Å². The third kappa shape index (κ3) is 7.91. The fourth-order valence-electron chi connectivity index (χ4n) is 4.09. The van der Waals surface area contributed by atoms with Crippen LogP contribution in [0.2, 0.25) is 0 Å². The van der Waals surface area contributed by atoms with Gasteiger partial charge in [-0.1, -0.05) is 84.9 Å². The molecule has 0 heterocycles. The van der Waals surface area contributed by atoms with Crippen LogP contribution in [0.1, 0.15) is 25.0 Å². The van der Waals surface area contributed by atoms with Gasteiger partial charge < -0.3 is 14.9 Å². The Morgan fingerprint density at radius 1 is 0.889 bits per heavy atom. The summed E-state index contributed by atoms with van der Waals surface area (Å²) in [4.78, 5) is 36.2. The van der Waals surface area contributed by atoms with Crippen molar-refractivity contribution in [3.63, 3.8) is 0 Å². The summed E-state index contributed by atoms with van der Waals surface area (Å²) in [5.74, 6) is -1.83. The van der Waals surface area contributed by atoms with Crippen LogP contribution in [-0.4, -0.2) is 41.7 Å². The smallest absolute Gasteiger partial charge is 0.330 e. The second-order valence-corrected chi connectivity index (χ2v) is 12.1. The molecule has 2 N–H and O–H groups in total. The first-order valence-corrected chi connectivity index (χ1v) is 14.0. The van der Waals surface area contributed by atoms with Gasteiger partial charge in [-0.3, -0.25) is 9.36 Å². The van der Waals surface area contributed by atoms with E-state index in [9.17, 15) is 19.0 Å². The first kappa shape index (κ1) is 27.4. The summed E-state index contributed by atoms with van der Waals surface area (Å²) in [6.07, 6.45) is 0.619. The fourth-order valence-corrected chi connectivity index (χ4v) is 5.86. The molecule has 3 aromatic carbocycles. The molecule has 0 saturated carbocycles.